The zero-order valence-electron chi connectivity index (χ0n) is 17.2. The van der Waals surface area contributed by atoms with Crippen LogP contribution in [0.4, 0.5) is 0 Å². The second kappa shape index (κ2) is 11.9. The predicted octanol–water partition coefficient (Wildman–Crippen LogP) is 6.69. The maximum Gasteiger partial charge on any atom is 0.196 e. The molecule has 3 rings (SSSR count). The monoisotopic (exact) mass is 412 g/mol. The molecule has 0 fully saturated rings. The first-order chi connectivity index (χ1) is 14.3. The van der Waals surface area contributed by atoms with Gasteiger partial charge < -0.3 is 9.84 Å². The molecule has 156 valence electrons. The SMILES string of the molecule is O=c1c2ccccc2sc2ccc(OCCCCCCCCCCCCO)cc12. The van der Waals surface area contributed by atoms with Gasteiger partial charge in [-0.3, -0.25) is 4.79 Å². The fraction of sp³-hybridized carbons (Fsp3) is 0.480. The van der Waals surface area contributed by atoms with Crippen molar-refractivity contribution in [2.45, 2.75) is 64.2 Å². The lowest BCUT2D eigenvalue weighted by atomic mass is 10.1. The van der Waals surface area contributed by atoms with Crippen LogP contribution in [0, 0.1) is 0 Å². The van der Waals surface area contributed by atoms with Crippen LogP contribution < -0.4 is 10.2 Å². The minimum atomic E-state index is 0.0937. The second-order valence-corrected chi connectivity index (χ2v) is 8.78. The molecule has 1 aromatic heterocycles. The van der Waals surface area contributed by atoms with E-state index in [2.05, 4.69) is 0 Å². The van der Waals surface area contributed by atoms with Gasteiger partial charge in [0.15, 0.2) is 5.43 Å². The van der Waals surface area contributed by atoms with Crippen molar-refractivity contribution in [1.29, 1.82) is 0 Å². The minimum absolute atomic E-state index is 0.0937. The van der Waals surface area contributed by atoms with Gasteiger partial charge in [-0.25, -0.2) is 0 Å². The van der Waals surface area contributed by atoms with E-state index < -0.39 is 0 Å². The zero-order valence-corrected chi connectivity index (χ0v) is 18.0. The van der Waals surface area contributed by atoms with E-state index in [4.69, 9.17) is 9.84 Å². The standard InChI is InChI=1S/C25H32O3S/c26-17-11-7-5-3-1-2-4-6-8-12-18-28-20-15-16-24-22(19-20)25(27)21-13-9-10-14-23(21)29-24/h9-10,13-16,19,26H,1-8,11-12,17-18H2. The molecule has 0 spiro atoms. The van der Waals surface area contributed by atoms with Crippen molar-refractivity contribution in [2.24, 2.45) is 0 Å². The number of benzene rings is 2. The fourth-order valence-electron chi connectivity index (χ4n) is 3.69. The highest BCUT2D eigenvalue weighted by Crippen LogP contribution is 2.27. The molecule has 0 aliphatic carbocycles. The van der Waals surface area contributed by atoms with Crippen molar-refractivity contribution in [3.05, 3.63) is 52.7 Å². The summed E-state index contributed by atoms with van der Waals surface area (Å²) in [5, 5.41) is 10.3. The molecule has 1 heterocycles. The molecule has 2 aromatic carbocycles. The van der Waals surface area contributed by atoms with E-state index in [-0.39, 0.29) is 5.43 Å². The average molecular weight is 413 g/mol. The zero-order chi connectivity index (χ0) is 20.3. The van der Waals surface area contributed by atoms with Crippen molar-refractivity contribution in [3.63, 3.8) is 0 Å². The van der Waals surface area contributed by atoms with E-state index in [1.165, 1.54) is 44.9 Å². The lowest BCUT2D eigenvalue weighted by Crippen LogP contribution is -2.02. The lowest BCUT2D eigenvalue weighted by Gasteiger charge is -2.08. The third kappa shape index (κ3) is 6.55. The maximum absolute atomic E-state index is 12.8. The average Bonchev–Trinajstić information content (AvgIpc) is 2.75. The summed E-state index contributed by atoms with van der Waals surface area (Å²) in [7, 11) is 0. The number of hydrogen-bond acceptors (Lipinski definition) is 4. The number of ether oxygens (including phenoxy) is 1. The van der Waals surface area contributed by atoms with Crippen molar-refractivity contribution in [1.82, 2.24) is 0 Å². The summed E-state index contributed by atoms with van der Waals surface area (Å²) >= 11 is 1.65. The van der Waals surface area contributed by atoms with Crippen molar-refractivity contribution >= 4 is 31.5 Å². The summed E-state index contributed by atoms with van der Waals surface area (Å²) in [6, 6.07) is 13.7. The second-order valence-electron chi connectivity index (χ2n) is 7.69. The highest BCUT2D eigenvalue weighted by atomic mass is 32.1. The fourth-order valence-corrected chi connectivity index (χ4v) is 4.74. The Morgan fingerprint density at radius 3 is 2.07 bits per heavy atom. The largest absolute Gasteiger partial charge is 0.494 e. The molecule has 0 aliphatic heterocycles. The topological polar surface area (TPSA) is 46.5 Å². The van der Waals surface area contributed by atoms with Crippen LogP contribution in [0.15, 0.2) is 47.3 Å². The Labute approximate surface area is 177 Å². The summed E-state index contributed by atoms with van der Waals surface area (Å²) in [5.41, 5.74) is 0.0937. The first-order valence-electron chi connectivity index (χ1n) is 11.0. The molecule has 0 atom stereocenters. The van der Waals surface area contributed by atoms with Crippen LogP contribution in [0.5, 0.6) is 5.75 Å². The van der Waals surface area contributed by atoms with Crippen molar-refractivity contribution in [3.8, 4) is 5.75 Å². The van der Waals surface area contributed by atoms with Crippen LogP contribution in [0.2, 0.25) is 0 Å². The molecule has 0 saturated carbocycles. The van der Waals surface area contributed by atoms with Gasteiger partial charge >= 0.3 is 0 Å². The molecule has 0 unspecified atom stereocenters. The van der Waals surface area contributed by atoms with E-state index in [1.807, 2.05) is 42.5 Å². The minimum Gasteiger partial charge on any atom is -0.494 e. The van der Waals surface area contributed by atoms with E-state index >= 15 is 0 Å². The maximum atomic E-state index is 12.8. The molecule has 3 nitrogen and oxygen atoms in total. The Balaban J connectivity index is 1.37. The van der Waals surface area contributed by atoms with E-state index in [0.29, 0.717) is 13.2 Å². The molecule has 0 saturated heterocycles. The summed E-state index contributed by atoms with van der Waals surface area (Å²) in [4.78, 5) is 12.8. The quantitative estimate of drug-likeness (QED) is 0.251. The van der Waals surface area contributed by atoms with E-state index in [9.17, 15) is 4.79 Å². The lowest BCUT2D eigenvalue weighted by molar-refractivity contribution is 0.282. The predicted molar refractivity (Wildman–Crippen MR) is 124 cm³/mol. The molecular formula is C25H32O3S. The van der Waals surface area contributed by atoms with Gasteiger partial charge in [0.25, 0.3) is 0 Å². The van der Waals surface area contributed by atoms with Crippen LogP contribution in [0.1, 0.15) is 64.2 Å². The van der Waals surface area contributed by atoms with Crippen LogP contribution in [-0.2, 0) is 0 Å². The Kier molecular flexibility index (Phi) is 8.97. The molecule has 3 aromatic rings. The van der Waals surface area contributed by atoms with Crippen LogP contribution >= 0.6 is 11.3 Å². The Bertz CT molecular complexity index is 948. The van der Waals surface area contributed by atoms with Crippen LogP contribution in [-0.4, -0.2) is 18.3 Å². The summed E-state index contributed by atoms with van der Waals surface area (Å²) < 4.78 is 7.95. The van der Waals surface area contributed by atoms with Gasteiger partial charge in [-0.05, 0) is 43.2 Å². The number of unbranched alkanes of at least 4 members (excludes halogenated alkanes) is 9. The summed E-state index contributed by atoms with van der Waals surface area (Å²) in [5.74, 6) is 0.792. The summed E-state index contributed by atoms with van der Waals surface area (Å²) in [6.07, 6.45) is 12.1. The third-order valence-electron chi connectivity index (χ3n) is 5.37. The van der Waals surface area contributed by atoms with Crippen LogP contribution in [0.3, 0.4) is 0 Å². The van der Waals surface area contributed by atoms with Gasteiger partial charge in [-0.1, -0.05) is 63.5 Å². The highest BCUT2D eigenvalue weighted by Gasteiger charge is 2.07. The molecule has 0 aliphatic rings. The van der Waals surface area contributed by atoms with Gasteiger partial charge in [0.05, 0.1) is 6.61 Å². The number of aliphatic hydroxyl groups excluding tert-OH is 1. The summed E-state index contributed by atoms with van der Waals surface area (Å²) in [6.45, 7) is 1.04. The van der Waals surface area contributed by atoms with E-state index in [0.717, 1.165) is 45.2 Å². The van der Waals surface area contributed by atoms with Crippen LogP contribution in [0.25, 0.3) is 20.2 Å². The first kappa shape index (κ1) is 21.8. The normalized spacial score (nSPS) is 11.3. The Morgan fingerprint density at radius 2 is 1.34 bits per heavy atom. The van der Waals surface area contributed by atoms with Gasteiger partial charge in [0.1, 0.15) is 5.75 Å². The van der Waals surface area contributed by atoms with Gasteiger partial charge in [-0.2, -0.15) is 0 Å². The molecule has 0 radical (unpaired) electrons. The molecule has 4 heteroatoms. The molecular weight excluding hydrogens is 380 g/mol. The number of hydrogen-bond donors (Lipinski definition) is 1. The Hall–Kier alpha value is -1.91. The highest BCUT2D eigenvalue weighted by molar-refractivity contribution is 7.24. The third-order valence-corrected chi connectivity index (χ3v) is 6.52. The van der Waals surface area contributed by atoms with Crippen molar-refractivity contribution in [2.75, 3.05) is 13.2 Å². The van der Waals surface area contributed by atoms with Gasteiger partial charge in [-0.15, -0.1) is 11.3 Å². The van der Waals surface area contributed by atoms with Gasteiger partial charge in [0, 0.05) is 26.8 Å². The first-order valence-corrected chi connectivity index (χ1v) is 11.8. The van der Waals surface area contributed by atoms with Crippen molar-refractivity contribution < 1.29 is 9.84 Å². The Morgan fingerprint density at radius 1 is 0.724 bits per heavy atom. The van der Waals surface area contributed by atoms with Gasteiger partial charge in [0.2, 0.25) is 0 Å². The molecule has 1 N–H and O–H groups in total. The molecule has 29 heavy (non-hydrogen) atoms. The smallest absolute Gasteiger partial charge is 0.196 e. The number of aliphatic hydroxyl groups is 1. The molecule has 0 bridgehead atoms. The number of rotatable bonds is 13. The van der Waals surface area contributed by atoms with E-state index in [1.54, 1.807) is 11.3 Å². The number of fused-ring (bicyclic) bond motifs is 2. The molecule has 0 amide bonds.